The van der Waals surface area contributed by atoms with E-state index in [0.717, 1.165) is 33.3 Å². The first-order valence-electron chi connectivity index (χ1n) is 14.1. The Morgan fingerprint density at radius 1 is 1.21 bits per heavy atom. The van der Waals surface area contributed by atoms with Gasteiger partial charge in [0.1, 0.15) is 5.84 Å². The molecule has 5 N–H and O–H groups in total. The zero-order valence-corrected chi connectivity index (χ0v) is 24.8. The lowest BCUT2D eigenvalue weighted by Gasteiger charge is -2.24. The minimum atomic E-state index is -0.176. The number of benzene rings is 2. The van der Waals surface area contributed by atoms with E-state index in [-0.39, 0.29) is 36.1 Å². The van der Waals surface area contributed by atoms with Crippen molar-refractivity contribution in [1.82, 2.24) is 20.3 Å². The molecular formula is C32H36N8O3. The third kappa shape index (κ3) is 6.57. The lowest BCUT2D eigenvalue weighted by Crippen LogP contribution is -2.29. The Hall–Kier alpha value is -5.03. The van der Waals surface area contributed by atoms with Gasteiger partial charge in [0.05, 0.1) is 36.0 Å². The maximum Gasteiger partial charge on any atom is 0.251 e. The number of aliphatic imine (C=N–C) groups is 1. The number of amidine groups is 1. The Kier molecular flexibility index (Phi) is 8.82. The summed E-state index contributed by atoms with van der Waals surface area (Å²) in [6.45, 7) is 6.64. The predicted molar refractivity (Wildman–Crippen MR) is 169 cm³/mol. The number of para-hydroxylation sites is 2. The zero-order valence-electron chi connectivity index (χ0n) is 24.8. The second kappa shape index (κ2) is 12.9. The van der Waals surface area contributed by atoms with E-state index in [2.05, 4.69) is 25.6 Å². The molecule has 1 fully saturated rings. The number of anilines is 2. The summed E-state index contributed by atoms with van der Waals surface area (Å²) in [4.78, 5) is 44.4. The van der Waals surface area contributed by atoms with E-state index >= 15 is 0 Å². The van der Waals surface area contributed by atoms with Crippen molar-refractivity contribution in [3.63, 3.8) is 0 Å². The van der Waals surface area contributed by atoms with Gasteiger partial charge in [-0.3, -0.25) is 9.59 Å². The first-order valence-corrected chi connectivity index (χ1v) is 14.1. The molecule has 0 aliphatic carbocycles. The van der Waals surface area contributed by atoms with Crippen LogP contribution >= 0.6 is 0 Å². The van der Waals surface area contributed by atoms with Gasteiger partial charge in [0.15, 0.2) is 0 Å². The van der Waals surface area contributed by atoms with E-state index in [1.807, 2.05) is 69.6 Å². The van der Waals surface area contributed by atoms with Gasteiger partial charge in [0.25, 0.3) is 5.95 Å². The Labute approximate surface area is 250 Å². The van der Waals surface area contributed by atoms with Gasteiger partial charge in [0.2, 0.25) is 11.8 Å². The molecule has 3 heterocycles. The highest BCUT2D eigenvalue weighted by atomic mass is 16.5. The molecule has 0 spiro atoms. The number of rotatable bonds is 9. The van der Waals surface area contributed by atoms with Crippen molar-refractivity contribution in [2.45, 2.75) is 33.7 Å². The highest BCUT2D eigenvalue weighted by molar-refractivity contribution is 6.06. The molecular weight excluding hydrogens is 544 g/mol. The van der Waals surface area contributed by atoms with Gasteiger partial charge in [-0.05, 0) is 49.6 Å². The number of aromatic nitrogens is 3. The number of aromatic amines is 1. The summed E-state index contributed by atoms with van der Waals surface area (Å²) in [7, 11) is 1.81. The van der Waals surface area contributed by atoms with Crippen LogP contribution < -0.4 is 21.3 Å². The first-order chi connectivity index (χ1) is 20.7. The van der Waals surface area contributed by atoms with Crippen molar-refractivity contribution < 1.29 is 14.3 Å². The van der Waals surface area contributed by atoms with Gasteiger partial charge in [0, 0.05) is 55.3 Å². The molecule has 0 bridgehead atoms. The minimum Gasteiger partial charge on any atom is -0.392 e. The SMILES string of the molecule is CN/C(C)=C\C(N)=N/c1ncc(C)c(-c2c[nH]c3c(N(Cc4ccccc4NC(=O)C4CCOC4)C(C)=O)cccc23)n1. The van der Waals surface area contributed by atoms with Crippen LogP contribution in [0.15, 0.2) is 71.6 Å². The van der Waals surface area contributed by atoms with E-state index in [4.69, 9.17) is 15.5 Å². The number of hydrogen-bond acceptors (Lipinski definition) is 7. The predicted octanol–water partition coefficient (Wildman–Crippen LogP) is 4.57. The number of aryl methyl sites for hydroxylation is 1. The number of nitrogens with one attached hydrogen (secondary N) is 3. The molecule has 2 aromatic heterocycles. The van der Waals surface area contributed by atoms with E-state index in [1.54, 1.807) is 17.2 Å². The molecule has 11 nitrogen and oxygen atoms in total. The largest absolute Gasteiger partial charge is 0.392 e. The van der Waals surface area contributed by atoms with E-state index in [1.165, 1.54) is 6.92 Å². The second-order valence-corrected chi connectivity index (χ2v) is 10.5. The van der Waals surface area contributed by atoms with Crippen LogP contribution in [0.4, 0.5) is 17.3 Å². The van der Waals surface area contributed by atoms with Crippen LogP contribution in [-0.2, 0) is 20.9 Å². The molecule has 1 aliphatic heterocycles. The number of hydrogen-bond donors (Lipinski definition) is 4. The van der Waals surface area contributed by atoms with Crippen molar-refractivity contribution in [3.8, 4) is 11.3 Å². The highest BCUT2D eigenvalue weighted by Crippen LogP contribution is 2.36. The average molecular weight is 581 g/mol. The molecule has 5 rings (SSSR count). The van der Waals surface area contributed by atoms with Crippen molar-refractivity contribution in [2.75, 3.05) is 30.5 Å². The van der Waals surface area contributed by atoms with Crippen LogP contribution in [0.5, 0.6) is 0 Å². The Bertz CT molecular complexity index is 1720. The standard InChI is InChI=1S/C32H36N8O3/c1-19-15-36-32(38-28(33)14-20(2)34-4)39-29(19)25-16-35-30-24(25)9-7-11-27(30)40(21(3)41)17-22-8-5-6-10-26(22)37-31(42)23-12-13-43-18-23/h5-11,14-16,23,34-35H,12-13,17-18H2,1-4H3,(H,37,42)(H2,33,36,38,39)/b20-14-. The van der Waals surface area contributed by atoms with Crippen LogP contribution in [0.1, 0.15) is 31.4 Å². The molecule has 43 heavy (non-hydrogen) atoms. The van der Waals surface area contributed by atoms with Crippen molar-refractivity contribution in [3.05, 3.63) is 77.8 Å². The maximum atomic E-state index is 13.1. The lowest BCUT2D eigenvalue weighted by atomic mass is 10.1. The minimum absolute atomic E-state index is 0.0747. The number of H-pyrrole nitrogens is 1. The number of nitrogens with zero attached hydrogens (tertiary/aromatic N) is 4. The summed E-state index contributed by atoms with van der Waals surface area (Å²) < 4.78 is 5.38. The number of carbonyl (C=O) groups excluding carboxylic acids is 2. The van der Waals surface area contributed by atoms with Crippen molar-refractivity contribution in [1.29, 1.82) is 0 Å². The maximum absolute atomic E-state index is 13.1. The van der Waals surface area contributed by atoms with Crippen LogP contribution in [0.25, 0.3) is 22.2 Å². The third-order valence-electron chi connectivity index (χ3n) is 7.47. The van der Waals surface area contributed by atoms with Crippen molar-refractivity contribution in [2.24, 2.45) is 16.6 Å². The van der Waals surface area contributed by atoms with Crippen LogP contribution in [-0.4, -0.2) is 52.9 Å². The zero-order chi connectivity index (χ0) is 30.5. The Morgan fingerprint density at radius 2 is 2.02 bits per heavy atom. The van der Waals surface area contributed by atoms with Gasteiger partial charge in [-0.25, -0.2) is 9.97 Å². The fraction of sp³-hybridized carbons (Fsp3) is 0.281. The number of allylic oxidation sites excluding steroid dienone is 1. The molecule has 222 valence electrons. The topological polar surface area (TPSA) is 151 Å². The summed E-state index contributed by atoms with van der Waals surface area (Å²) in [6, 6.07) is 13.3. The van der Waals surface area contributed by atoms with Gasteiger partial charge in [-0.15, -0.1) is 0 Å². The number of fused-ring (bicyclic) bond motifs is 1. The van der Waals surface area contributed by atoms with Crippen LogP contribution in [0.2, 0.25) is 0 Å². The average Bonchev–Trinajstić information content (AvgIpc) is 3.68. The highest BCUT2D eigenvalue weighted by Gasteiger charge is 2.25. The molecule has 2 aromatic carbocycles. The van der Waals surface area contributed by atoms with E-state index in [9.17, 15) is 9.59 Å². The smallest absolute Gasteiger partial charge is 0.251 e. The number of amides is 2. The number of ether oxygens (including phenoxy) is 1. The quantitative estimate of drug-likeness (QED) is 0.167. The summed E-state index contributed by atoms with van der Waals surface area (Å²) >= 11 is 0. The molecule has 1 aliphatic rings. The van der Waals surface area contributed by atoms with E-state index in [0.29, 0.717) is 36.7 Å². The molecule has 1 unspecified atom stereocenters. The monoisotopic (exact) mass is 580 g/mol. The van der Waals surface area contributed by atoms with Gasteiger partial charge >= 0.3 is 0 Å². The molecule has 0 radical (unpaired) electrons. The van der Waals surface area contributed by atoms with Gasteiger partial charge in [-0.1, -0.05) is 30.3 Å². The normalized spacial score (nSPS) is 15.5. The number of nitrogens with two attached hydrogens (primary N) is 1. The van der Waals surface area contributed by atoms with E-state index < -0.39 is 0 Å². The molecule has 1 atom stereocenters. The summed E-state index contributed by atoms with van der Waals surface area (Å²) in [5, 5.41) is 6.94. The van der Waals surface area contributed by atoms with Gasteiger partial charge < -0.3 is 31.0 Å². The van der Waals surface area contributed by atoms with Crippen LogP contribution in [0.3, 0.4) is 0 Å². The Morgan fingerprint density at radius 3 is 2.77 bits per heavy atom. The second-order valence-electron chi connectivity index (χ2n) is 10.5. The van der Waals surface area contributed by atoms with Crippen molar-refractivity contribution >= 4 is 45.9 Å². The first kappa shape index (κ1) is 29.5. The number of carbonyl (C=O) groups is 2. The molecule has 4 aromatic rings. The third-order valence-corrected chi connectivity index (χ3v) is 7.47. The molecule has 0 saturated carbocycles. The summed E-state index contributed by atoms with van der Waals surface area (Å²) in [6.07, 6.45) is 6.01. The fourth-order valence-electron chi connectivity index (χ4n) is 5.05. The van der Waals surface area contributed by atoms with Gasteiger partial charge in [-0.2, -0.15) is 4.99 Å². The Balaban J connectivity index is 1.48. The fourth-order valence-corrected chi connectivity index (χ4v) is 5.05. The lowest BCUT2D eigenvalue weighted by molar-refractivity contribution is -0.120. The summed E-state index contributed by atoms with van der Waals surface area (Å²) in [5.41, 5.74) is 12.4. The molecule has 11 heteroatoms. The summed E-state index contributed by atoms with van der Waals surface area (Å²) in [5.74, 6) is 0.147. The molecule has 2 amide bonds. The molecule has 1 saturated heterocycles. The van der Waals surface area contributed by atoms with Crippen LogP contribution in [0, 0.1) is 12.8 Å².